The van der Waals surface area contributed by atoms with Crippen molar-refractivity contribution in [1.82, 2.24) is 0 Å². The van der Waals surface area contributed by atoms with Crippen molar-refractivity contribution in [3.05, 3.63) is 52.6 Å². The SMILES string of the molecule is CC(=O)[C@H]1CC[C@H]2[C@@H]3CCC4=CC(=O)C(c5ccc(N6CCCCC6)cc5)CC4=C3CC[C@]12C. The van der Waals surface area contributed by atoms with Gasteiger partial charge in [-0.25, -0.2) is 0 Å². The average Bonchev–Trinajstić information content (AvgIpc) is 3.22. The third kappa shape index (κ3) is 3.53. The summed E-state index contributed by atoms with van der Waals surface area (Å²) in [5, 5.41) is 0. The molecule has 5 aliphatic rings. The summed E-state index contributed by atoms with van der Waals surface area (Å²) >= 11 is 0. The number of Topliss-reactive ketones (excluding diaryl/α,β-unsaturated/α-hetero) is 1. The van der Waals surface area contributed by atoms with Gasteiger partial charge in [-0.15, -0.1) is 0 Å². The van der Waals surface area contributed by atoms with Crippen molar-refractivity contribution in [2.75, 3.05) is 18.0 Å². The van der Waals surface area contributed by atoms with Crippen LogP contribution in [0.5, 0.6) is 0 Å². The molecule has 3 heteroatoms. The third-order valence-corrected chi connectivity index (χ3v) is 10.4. The zero-order valence-electron chi connectivity index (χ0n) is 20.9. The normalized spacial score (nSPS) is 35.4. The van der Waals surface area contributed by atoms with Gasteiger partial charge >= 0.3 is 0 Å². The zero-order chi connectivity index (χ0) is 23.4. The van der Waals surface area contributed by atoms with E-state index in [4.69, 9.17) is 0 Å². The minimum absolute atomic E-state index is 0.0396. The Morgan fingerprint density at radius 1 is 1.00 bits per heavy atom. The molecule has 0 aromatic heterocycles. The molecular formula is C31H39NO2. The molecule has 5 atom stereocenters. The van der Waals surface area contributed by atoms with Gasteiger partial charge in [-0.3, -0.25) is 9.59 Å². The van der Waals surface area contributed by atoms with Gasteiger partial charge in [0, 0.05) is 24.7 Å². The van der Waals surface area contributed by atoms with Crippen molar-refractivity contribution < 1.29 is 9.59 Å². The highest BCUT2D eigenvalue weighted by Crippen LogP contribution is 2.62. The van der Waals surface area contributed by atoms with E-state index in [9.17, 15) is 9.59 Å². The molecule has 6 rings (SSSR count). The highest BCUT2D eigenvalue weighted by molar-refractivity contribution is 5.98. The van der Waals surface area contributed by atoms with Crippen molar-refractivity contribution in [2.24, 2.45) is 23.2 Å². The highest BCUT2D eigenvalue weighted by atomic mass is 16.1. The maximum Gasteiger partial charge on any atom is 0.163 e. The van der Waals surface area contributed by atoms with E-state index in [2.05, 4.69) is 36.1 Å². The highest BCUT2D eigenvalue weighted by Gasteiger charge is 2.55. The number of carbonyl (C=O) groups excluding carboxylic acids is 2. The Hall–Kier alpha value is -2.16. The van der Waals surface area contributed by atoms with E-state index in [-0.39, 0.29) is 17.3 Å². The van der Waals surface area contributed by atoms with Gasteiger partial charge in [0.1, 0.15) is 5.78 Å². The number of rotatable bonds is 3. The van der Waals surface area contributed by atoms with Crippen molar-refractivity contribution in [1.29, 1.82) is 0 Å². The molecular weight excluding hydrogens is 418 g/mol. The molecule has 0 radical (unpaired) electrons. The number of benzene rings is 1. The Balaban J connectivity index is 1.27. The van der Waals surface area contributed by atoms with Crippen LogP contribution in [0.2, 0.25) is 0 Å². The Labute approximate surface area is 204 Å². The van der Waals surface area contributed by atoms with Crippen molar-refractivity contribution >= 4 is 17.3 Å². The lowest BCUT2D eigenvalue weighted by atomic mass is 9.55. The minimum Gasteiger partial charge on any atom is -0.372 e. The Bertz CT molecular complexity index is 1060. The number of fused-ring (bicyclic) bond motifs is 4. The standard InChI is InChI=1S/C31H39NO2/c1-20(33)28-12-13-29-25-11-8-22-18-30(34)27(19-26(22)24(25)14-15-31(28,29)2)21-6-9-23(10-7-21)32-16-4-3-5-17-32/h6-7,9-10,18,25,27-29H,3-5,8,11-17,19H2,1-2H3/t25-,27?,28-,29+,31-/m1/s1. The molecule has 180 valence electrons. The van der Waals surface area contributed by atoms with E-state index in [1.54, 1.807) is 5.57 Å². The first-order chi connectivity index (χ1) is 16.5. The quantitative estimate of drug-likeness (QED) is 0.502. The van der Waals surface area contributed by atoms with Crippen LogP contribution in [0.25, 0.3) is 0 Å². The van der Waals surface area contributed by atoms with E-state index in [0.717, 1.165) is 51.6 Å². The lowest BCUT2D eigenvalue weighted by molar-refractivity contribution is -0.125. The molecule has 3 fully saturated rings. The smallest absolute Gasteiger partial charge is 0.163 e. The number of hydrogen-bond donors (Lipinski definition) is 0. The summed E-state index contributed by atoms with van der Waals surface area (Å²) in [6, 6.07) is 8.90. The summed E-state index contributed by atoms with van der Waals surface area (Å²) in [7, 11) is 0. The van der Waals surface area contributed by atoms with Crippen molar-refractivity contribution in [3.63, 3.8) is 0 Å². The number of anilines is 1. The molecule has 1 aromatic carbocycles. The van der Waals surface area contributed by atoms with Gasteiger partial charge < -0.3 is 4.90 Å². The zero-order valence-corrected chi connectivity index (χ0v) is 20.9. The van der Waals surface area contributed by atoms with E-state index in [0.29, 0.717) is 23.4 Å². The van der Waals surface area contributed by atoms with Crippen LogP contribution in [0.4, 0.5) is 5.69 Å². The van der Waals surface area contributed by atoms with Gasteiger partial charge in [0.25, 0.3) is 0 Å². The van der Waals surface area contributed by atoms with Gasteiger partial charge in [-0.2, -0.15) is 0 Å². The molecule has 1 aliphatic heterocycles. The van der Waals surface area contributed by atoms with Gasteiger partial charge in [0.15, 0.2) is 5.78 Å². The molecule has 4 aliphatic carbocycles. The Kier molecular flexibility index (Phi) is 5.58. The summed E-state index contributed by atoms with van der Waals surface area (Å²) in [6.45, 7) is 6.51. The summed E-state index contributed by atoms with van der Waals surface area (Å²) in [5.74, 6) is 2.16. The second-order valence-corrected chi connectivity index (χ2v) is 12.0. The van der Waals surface area contributed by atoms with Crippen molar-refractivity contribution in [2.45, 2.75) is 84.0 Å². The van der Waals surface area contributed by atoms with E-state index < -0.39 is 0 Å². The van der Waals surface area contributed by atoms with Crippen LogP contribution in [-0.2, 0) is 9.59 Å². The third-order valence-electron chi connectivity index (χ3n) is 10.4. The van der Waals surface area contributed by atoms with E-state index in [1.807, 2.05) is 13.0 Å². The van der Waals surface area contributed by atoms with Crippen LogP contribution in [0.15, 0.2) is 47.1 Å². The van der Waals surface area contributed by atoms with Gasteiger partial charge in [0.2, 0.25) is 0 Å². The van der Waals surface area contributed by atoms with E-state index >= 15 is 0 Å². The van der Waals surface area contributed by atoms with Crippen LogP contribution in [0.1, 0.15) is 89.5 Å². The molecule has 3 nitrogen and oxygen atoms in total. The topological polar surface area (TPSA) is 37.4 Å². The summed E-state index contributed by atoms with van der Waals surface area (Å²) in [6.07, 6.45) is 13.5. The monoisotopic (exact) mass is 457 g/mol. The predicted molar refractivity (Wildman–Crippen MR) is 137 cm³/mol. The molecule has 1 unspecified atom stereocenters. The number of carbonyl (C=O) groups is 2. The molecule has 1 saturated heterocycles. The fourth-order valence-electron chi connectivity index (χ4n) is 8.55. The number of piperidine rings is 1. The Morgan fingerprint density at radius 2 is 1.76 bits per heavy atom. The predicted octanol–water partition coefficient (Wildman–Crippen LogP) is 6.78. The molecule has 0 N–H and O–H groups in total. The van der Waals surface area contributed by atoms with Crippen LogP contribution in [0.3, 0.4) is 0 Å². The van der Waals surface area contributed by atoms with Gasteiger partial charge in [-0.1, -0.05) is 24.6 Å². The maximum atomic E-state index is 13.2. The fourth-order valence-corrected chi connectivity index (χ4v) is 8.55. The molecule has 0 spiro atoms. The van der Waals surface area contributed by atoms with Gasteiger partial charge in [-0.05, 0) is 123 Å². The lowest BCUT2D eigenvalue weighted by Gasteiger charge is -2.49. The summed E-state index contributed by atoms with van der Waals surface area (Å²) in [5.41, 5.74) is 7.13. The first-order valence-corrected chi connectivity index (χ1v) is 13.8. The molecule has 34 heavy (non-hydrogen) atoms. The Morgan fingerprint density at radius 3 is 2.50 bits per heavy atom. The van der Waals surface area contributed by atoms with Crippen LogP contribution in [-0.4, -0.2) is 24.7 Å². The van der Waals surface area contributed by atoms with E-state index in [1.165, 1.54) is 48.1 Å². The maximum absolute atomic E-state index is 13.2. The summed E-state index contributed by atoms with van der Waals surface area (Å²) in [4.78, 5) is 28.1. The average molecular weight is 458 g/mol. The lowest BCUT2D eigenvalue weighted by Crippen LogP contribution is -2.42. The molecule has 0 bridgehead atoms. The fraction of sp³-hybridized carbons (Fsp3) is 0.613. The van der Waals surface area contributed by atoms with Crippen molar-refractivity contribution in [3.8, 4) is 0 Å². The number of ketones is 2. The second kappa shape index (κ2) is 8.50. The molecule has 0 amide bonds. The van der Waals surface area contributed by atoms with Crippen LogP contribution < -0.4 is 4.90 Å². The first-order valence-electron chi connectivity index (χ1n) is 13.8. The van der Waals surface area contributed by atoms with Crippen LogP contribution >= 0.6 is 0 Å². The number of hydrogen-bond acceptors (Lipinski definition) is 3. The molecule has 2 saturated carbocycles. The summed E-state index contributed by atoms with van der Waals surface area (Å²) < 4.78 is 0. The number of allylic oxidation sites excluding steroid dienone is 4. The first kappa shape index (κ1) is 22.3. The largest absolute Gasteiger partial charge is 0.372 e. The molecule has 1 aromatic rings. The van der Waals surface area contributed by atoms with Crippen LogP contribution in [0, 0.1) is 23.2 Å². The molecule has 1 heterocycles. The second-order valence-electron chi connectivity index (χ2n) is 12.0. The minimum atomic E-state index is -0.0396. The van der Waals surface area contributed by atoms with Gasteiger partial charge in [0.05, 0.1) is 5.92 Å². The number of nitrogens with zero attached hydrogens (tertiary/aromatic N) is 1.